The van der Waals surface area contributed by atoms with E-state index < -0.39 is 5.54 Å². The summed E-state index contributed by atoms with van der Waals surface area (Å²) in [5, 5.41) is 8.99. The van der Waals surface area contributed by atoms with Crippen molar-refractivity contribution in [2.75, 3.05) is 13.1 Å². The Labute approximate surface area is 202 Å². The van der Waals surface area contributed by atoms with Crippen LogP contribution in [0.4, 0.5) is 0 Å². The second-order valence-corrected chi connectivity index (χ2v) is 10.4. The first-order valence-electron chi connectivity index (χ1n) is 12.5. The zero-order chi connectivity index (χ0) is 23.6. The summed E-state index contributed by atoms with van der Waals surface area (Å²) in [6, 6.07) is -0.162. The number of nitrogens with zero attached hydrogens (tertiary/aromatic N) is 2. The van der Waals surface area contributed by atoms with Crippen LogP contribution in [0.2, 0.25) is 0 Å². The number of likely N-dealkylation sites (N-methyl/N-ethyl adjacent to an activating group) is 1. The number of piperazine rings is 1. The lowest BCUT2D eigenvalue weighted by molar-refractivity contribution is -0.137. The zero-order valence-corrected chi connectivity index (χ0v) is 20.7. The van der Waals surface area contributed by atoms with Gasteiger partial charge in [-0.2, -0.15) is 0 Å². The molecule has 3 N–H and O–H groups in total. The van der Waals surface area contributed by atoms with Crippen molar-refractivity contribution >= 4 is 23.4 Å². The Morgan fingerprint density at radius 2 is 2.00 bits per heavy atom. The standard InChI is InChI=1S/C25H38ClN5O2/c1-4-30-17(2)22-15-21(23(32)28-20-14-10-9-13-19(20)26)29-31(22)16-25(30,3)24(33)27-18-11-7-5-6-8-12-18/h9,13,18,21-22,29H,2,4-8,10-12,14-16H2,1,3H3,(H,27,33)(H,28,32). The molecule has 2 aliphatic heterocycles. The Hall–Kier alpha value is -1.83. The van der Waals surface area contributed by atoms with E-state index in [1.54, 1.807) is 0 Å². The molecule has 2 amide bonds. The number of allylic oxidation sites excluding steroid dienone is 4. The van der Waals surface area contributed by atoms with E-state index in [1.807, 2.05) is 24.1 Å². The molecule has 33 heavy (non-hydrogen) atoms. The van der Waals surface area contributed by atoms with E-state index in [0.29, 0.717) is 24.5 Å². The molecule has 0 aromatic carbocycles. The van der Waals surface area contributed by atoms with Gasteiger partial charge in [0.25, 0.3) is 0 Å². The molecular formula is C25H38ClN5O2. The molecule has 4 aliphatic rings. The van der Waals surface area contributed by atoms with Crippen molar-refractivity contribution in [3.05, 3.63) is 35.2 Å². The maximum atomic E-state index is 13.6. The van der Waals surface area contributed by atoms with Gasteiger partial charge in [-0.05, 0) is 52.0 Å². The molecule has 2 aliphatic carbocycles. The van der Waals surface area contributed by atoms with Crippen LogP contribution in [0, 0.1) is 0 Å². The molecule has 7 nitrogen and oxygen atoms in total. The fraction of sp³-hybridized carbons (Fsp3) is 0.680. The topological polar surface area (TPSA) is 76.7 Å². The molecule has 0 aromatic rings. The second kappa shape index (κ2) is 10.2. The van der Waals surface area contributed by atoms with Crippen molar-refractivity contribution in [3.63, 3.8) is 0 Å². The molecule has 1 saturated carbocycles. The van der Waals surface area contributed by atoms with Gasteiger partial charge >= 0.3 is 0 Å². The molecule has 0 bridgehead atoms. The molecule has 3 atom stereocenters. The monoisotopic (exact) mass is 475 g/mol. The minimum atomic E-state index is -0.743. The van der Waals surface area contributed by atoms with Gasteiger partial charge in [0.2, 0.25) is 11.8 Å². The first-order valence-corrected chi connectivity index (χ1v) is 12.9. The van der Waals surface area contributed by atoms with Crippen molar-refractivity contribution in [2.24, 2.45) is 0 Å². The number of nitrogens with one attached hydrogen (secondary N) is 3. The van der Waals surface area contributed by atoms with Crippen LogP contribution in [0.15, 0.2) is 35.2 Å². The lowest BCUT2D eigenvalue weighted by atomic mass is 9.90. The second-order valence-electron chi connectivity index (χ2n) is 9.99. The third-order valence-electron chi connectivity index (χ3n) is 7.66. The summed E-state index contributed by atoms with van der Waals surface area (Å²) < 4.78 is 0. The van der Waals surface area contributed by atoms with Crippen LogP contribution < -0.4 is 16.1 Å². The van der Waals surface area contributed by atoms with Crippen molar-refractivity contribution in [3.8, 4) is 0 Å². The summed E-state index contributed by atoms with van der Waals surface area (Å²) in [7, 11) is 0. The number of hydrazine groups is 1. The average Bonchev–Trinajstić information content (AvgIpc) is 3.04. The molecule has 0 radical (unpaired) electrons. The van der Waals surface area contributed by atoms with E-state index >= 15 is 0 Å². The first-order chi connectivity index (χ1) is 15.8. The largest absolute Gasteiger partial charge is 0.359 e. The number of amides is 2. The quantitative estimate of drug-likeness (QED) is 0.532. The molecule has 2 heterocycles. The summed E-state index contributed by atoms with van der Waals surface area (Å²) in [5.41, 5.74) is 4.29. The Morgan fingerprint density at radius 1 is 1.27 bits per heavy atom. The SMILES string of the molecule is C=C1C2CC(C(=O)NC3=C(Cl)C=CCC3)NN2CC(C)(C(=O)NC2CCCCCC2)N1CC. The van der Waals surface area contributed by atoms with Crippen LogP contribution in [0.25, 0.3) is 0 Å². The average molecular weight is 476 g/mol. The number of halogens is 1. The molecule has 182 valence electrons. The Balaban J connectivity index is 1.45. The molecule has 8 heteroatoms. The van der Waals surface area contributed by atoms with Crippen LogP contribution >= 0.6 is 11.6 Å². The summed E-state index contributed by atoms with van der Waals surface area (Å²) in [5.74, 6) is -0.0372. The lowest BCUT2D eigenvalue weighted by Crippen LogP contribution is -2.69. The number of fused-ring (bicyclic) bond motifs is 1. The van der Waals surface area contributed by atoms with Crippen LogP contribution in [-0.2, 0) is 9.59 Å². The maximum absolute atomic E-state index is 13.6. The summed E-state index contributed by atoms with van der Waals surface area (Å²) >= 11 is 6.26. The molecule has 0 spiro atoms. The predicted octanol–water partition coefficient (Wildman–Crippen LogP) is 3.30. The van der Waals surface area contributed by atoms with E-state index in [-0.39, 0.29) is 29.9 Å². The number of carbonyl (C=O) groups excluding carboxylic acids is 2. The molecule has 3 unspecified atom stereocenters. The normalized spacial score (nSPS) is 31.4. The molecular weight excluding hydrogens is 438 g/mol. The smallest absolute Gasteiger partial charge is 0.247 e. The third kappa shape index (κ3) is 5.00. The van der Waals surface area contributed by atoms with Crippen molar-refractivity contribution in [1.29, 1.82) is 0 Å². The molecule has 2 saturated heterocycles. The number of hydrogen-bond acceptors (Lipinski definition) is 5. The minimum absolute atomic E-state index is 0.0184. The highest BCUT2D eigenvalue weighted by atomic mass is 35.5. The Morgan fingerprint density at radius 3 is 2.67 bits per heavy atom. The van der Waals surface area contributed by atoms with Gasteiger partial charge in [0.05, 0.1) is 11.1 Å². The van der Waals surface area contributed by atoms with E-state index in [1.165, 1.54) is 25.7 Å². The predicted molar refractivity (Wildman–Crippen MR) is 131 cm³/mol. The maximum Gasteiger partial charge on any atom is 0.247 e. The van der Waals surface area contributed by atoms with Crippen LogP contribution in [-0.4, -0.2) is 58.5 Å². The van der Waals surface area contributed by atoms with Gasteiger partial charge in [0.1, 0.15) is 11.6 Å². The fourth-order valence-corrected chi connectivity index (χ4v) is 5.98. The first kappa shape index (κ1) is 24.3. The van der Waals surface area contributed by atoms with Gasteiger partial charge < -0.3 is 15.5 Å². The van der Waals surface area contributed by atoms with Crippen molar-refractivity contribution in [1.82, 2.24) is 26.0 Å². The van der Waals surface area contributed by atoms with Gasteiger partial charge in [-0.1, -0.05) is 49.9 Å². The van der Waals surface area contributed by atoms with E-state index in [4.69, 9.17) is 11.6 Å². The van der Waals surface area contributed by atoms with E-state index in [2.05, 4.69) is 34.5 Å². The van der Waals surface area contributed by atoms with Crippen LogP contribution in [0.3, 0.4) is 0 Å². The fourth-order valence-electron chi connectivity index (χ4n) is 5.75. The highest BCUT2D eigenvalue weighted by molar-refractivity contribution is 6.31. The third-order valence-corrected chi connectivity index (χ3v) is 8.02. The Bertz CT molecular complexity index is 848. The zero-order valence-electron chi connectivity index (χ0n) is 20.0. The Kier molecular flexibility index (Phi) is 7.51. The van der Waals surface area contributed by atoms with Crippen molar-refractivity contribution in [2.45, 2.75) is 95.3 Å². The van der Waals surface area contributed by atoms with Crippen molar-refractivity contribution < 1.29 is 9.59 Å². The summed E-state index contributed by atoms with van der Waals surface area (Å²) in [4.78, 5) is 28.7. The molecule has 3 fully saturated rings. The molecule has 0 aromatic heterocycles. The van der Waals surface area contributed by atoms with Gasteiger partial charge in [-0.3, -0.25) is 9.59 Å². The minimum Gasteiger partial charge on any atom is -0.359 e. The van der Waals surface area contributed by atoms with Gasteiger partial charge in [0.15, 0.2) is 0 Å². The van der Waals surface area contributed by atoms with Gasteiger partial charge in [0, 0.05) is 30.5 Å². The van der Waals surface area contributed by atoms with Gasteiger partial charge in [-0.15, -0.1) is 0 Å². The summed E-state index contributed by atoms with van der Waals surface area (Å²) in [6.45, 7) is 9.62. The lowest BCUT2D eigenvalue weighted by Gasteiger charge is -2.51. The van der Waals surface area contributed by atoms with E-state index in [0.717, 1.165) is 37.1 Å². The number of hydrogen-bond donors (Lipinski definition) is 3. The number of carbonyl (C=O) groups is 2. The highest BCUT2D eigenvalue weighted by Gasteiger charge is 2.52. The number of rotatable bonds is 5. The van der Waals surface area contributed by atoms with Crippen LogP contribution in [0.5, 0.6) is 0 Å². The summed E-state index contributed by atoms with van der Waals surface area (Å²) in [6.07, 6.45) is 13.0. The van der Waals surface area contributed by atoms with E-state index in [9.17, 15) is 9.59 Å². The van der Waals surface area contributed by atoms with Crippen LogP contribution in [0.1, 0.15) is 71.6 Å². The van der Waals surface area contributed by atoms with Gasteiger partial charge in [-0.25, -0.2) is 10.4 Å². The molecule has 4 rings (SSSR count). The highest BCUT2D eigenvalue weighted by Crippen LogP contribution is 2.36.